The van der Waals surface area contributed by atoms with E-state index in [9.17, 15) is 4.79 Å². The zero-order valence-electron chi connectivity index (χ0n) is 25.4. The summed E-state index contributed by atoms with van der Waals surface area (Å²) >= 11 is 0. The predicted molar refractivity (Wildman–Crippen MR) is 163 cm³/mol. The average molecular weight is 569 g/mol. The van der Waals surface area contributed by atoms with Gasteiger partial charge in [0.05, 0.1) is 46.9 Å². The maximum absolute atomic E-state index is 13.2. The van der Waals surface area contributed by atoms with Gasteiger partial charge in [-0.2, -0.15) is 5.10 Å². The fourth-order valence-electron chi connectivity index (χ4n) is 5.48. The Morgan fingerprint density at radius 1 is 1.02 bits per heavy atom. The number of carbonyl (C=O) groups excluding carboxylic acids is 1. The molecule has 2 aliphatic rings. The molecule has 2 fully saturated rings. The number of amides is 1. The van der Waals surface area contributed by atoms with Crippen LogP contribution in [-0.4, -0.2) is 77.8 Å². The highest BCUT2D eigenvalue weighted by Crippen LogP contribution is 2.41. The van der Waals surface area contributed by atoms with Gasteiger partial charge in [0, 0.05) is 55.6 Å². The van der Waals surface area contributed by atoms with Gasteiger partial charge in [-0.25, -0.2) is 4.68 Å². The first-order chi connectivity index (χ1) is 20.1. The summed E-state index contributed by atoms with van der Waals surface area (Å²) in [5.74, 6) is 0.228. The third kappa shape index (κ3) is 5.78. The lowest BCUT2D eigenvalue weighted by molar-refractivity contribution is 0.102. The number of aromatic nitrogens is 7. The van der Waals surface area contributed by atoms with Crippen molar-refractivity contribution in [2.75, 3.05) is 36.4 Å². The normalized spacial score (nSPS) is 16.3. The molecule has 11 nitrogen and oxygen atoms in total. The van der Waals surface area contributed by atoms with Crippen LogP contribution >= 0.6 is 0 Å². The number of rotatable bonds is 7. The SMILES string of the molecule is Cc1ncc(NC(=O)c2cc(C3CC3)n(C(C)(C)C)n2)cc1-n1cc(-c2cncc(N3CCN(C(C)C)CC3)c2)nn1. The van der Waals surface area contributed by atoms with Gasteiger partial charge in [-0.05, 0) is 72.6 Å². The molecule has 1 aliphatic heterocycles. The predicted octanol–water partition coefficient (Wildman–Crippen LogP) is 4.64. The Morgan fingerprint density at radius 3 is 2.48 bits per heavy atom. The molecule has 0 spiro atoms. The molecule has 1 aliphatic carbocycles. The topological polar surface area (TPSA) is 110 Å². The number of carbonyl (C=O) groups is 1. The van der Waals surface area contributed by atoms with Crippen LogP contribution in [0.15, 0.2) is 43.0 Å². The largest absolute Gasteiger partial charge is 0.368 e. The van der Waals surface area contributed by atoms with Crippen molar-refractivity contribution in [3.63, 3.8) is 0 Å². The zero-order chi connectivity index (χ0) is 29.6. The van der Waals surface area contributed by atoms with Gasteiger partial charge >= 0.3 is 0 Å². The van der Waals surface area contributed by atoms with Crippen LogP contribution in [0.5, 0.6) is 0 Å². The Bertz CT molecular complexity index is 1590. The number of pyridine rings is 2. The molecule has 1 saturated heterocycles. The molecule has 5 heterocycles. The Labute approximate surface area is 247 Å². The van der Waals surface area contributed by atoms with Gasteiger partial charge in [-0.15, -0.1) is 5.10 Å². The van der Waals surface area contributed by atoms with Crippen molar-refractivity contribution in [3.05, 3.63) is 60.1 Å². The molecule has 42 heavy (non-hydrogen) atoms. The van der Waals surface area contributed by atoms with Crippen molar-refractivity contribution in [2.45, 2.75) is 71.9 Å². The highest BCUT2D eigenvalue weighted by atomic mass is 16.2. The van der Waals surface area contributed by atoms with Crippen LogP contribution in [0.4, 0.5) is 11.4 Å². The number of aryl methyl sites for hydroxylation is 1. The molecule has 0 radical (unpaired) electrons. The molecule has 4 aromatic rings. The fourth-order valence-corrected chi connectivity index (χ4v) is 5.48. The van der Waals surface area contributed by atoms with E-state index in [1.54, 1.807) is 10.9 Å². The van der Waals surface area contributed by atoms with Gasteiger partial charge in [-0.1, -0.05) is 5.21 Å². The maximum atomic E-state index is 13.2. The van der Waals surface area contributed by atoms with Crippen LogP contribution in [0.2, 0.25) is 0 Å². The highest BCUT2D eigenvalue weighted by molar-refractivity contribution is 6.03. The number of nitrogens with one attached hydrogen (secondary N) is 1. The van der Waals surface area contributed by atoms with Crippen molar-refractivity contribution in [1.82, 2.24) is 39.6 Å². The summed E-state index contributed by atoms with van der Waals surface area (Å²) in [6.07, 6.45) is 9.55. The molecule has 1 saturated carbocycles. The second-order valence-corrected chi connectivity index (χ2v) is 12.7. The van der Waals surface area contributed by atoms with Gasteiger partial charge < -0.3 is 10.2 Å². The summed E-state index contributed by atoms with van der Waals surface area (Å²) in [5.41, 5.74) is 6.13. The minimum atomic E-state index is -0.257. The van der Waals surface area contributed by atoms with E-state index in [4.69, 9.17) is 0 Å². The molecule has 1 amide bonds. The van der Waals surface area contributed by atoms with Crippen LogP contribution in [0.3, 0.4) is 0 Å². The Kier molecular flexibility index (Phi) is 7.30. The summed E-state index contributed by atoms with van der Waals surface area (Å²) < 4.78 is 3.69. The van der Waals surface area contributed by atoms with E-state index in [0.717, 1.165) is 73.0 Å². The molecular formula is C31H40N10O. The molecule has 11 heteroatoms. The summed E-state index contributed by atoms with van der Waals surface area (Å²) in [6, 6.07) is 6.48. The van der Waals surface area contributed by atoms with Crippen LogP contribution in [0, 0.1) is 6.92 Å². The minimum absolute atomic E-state index is 0.197. The number of hydrogen-bond acceptors (Lipinski definition) is 8. The van der Waals surface area contributed by atoms with Gasteiger partial charge in [0.2, 0.25) is 0 Å². The van der Waals surface area contributed by atoms with E-state index in [2.05, 4.69) is 81.2 Å². The van der Waals surface area contributed by atoms with Crippen LogP contribution in [0.1, 0.15) is 75.3 Å². The number of anilines is 2. The molecule has 1 N–H and O–H groups in total. The molecule has 0 aromatic carbocycles. The molecular weight excluding hydrogens is 528 g/mol. The first-order valence-electron chi connectivity index (χ1n) is 14.8. The smallest absolute Gasteiger partial charge is 0.276 e. The maximum Gasteiger partial charge on any atom is 0.276 e. The van der Waals surface area contributed by atoms with Gasteiger partial charge in [0.1, 0.15) is 5.69 Å². The minimum Gasteiger partial charge on any atom is -0.368 e. The van der Waals surface area contributed by atoms with Gasteiger partial charge in [0.25, 0.3) is 5.91 Å². The van der Waals surface area contributed by atoms with E-state index >= 15 is 0 Å². The first kappa shape index (κ1) is 28.0. The number of piperazine rings is 1. The van der Waals surface area contributed by atoms with Crippen molar-refractivity contribution >= 4 is 17.3 Å². The second kappa shape index (κ2) is 10.9. The third-order valence-electron chi connectivity index (χ3n) is 8.09. The Balaban J connectivity index is 1.19. The number of hydrogen-bond donors (Lipinski definition) is 1. The van der Waals surface area contributed by atoms with Crippen LogP contribution < -0.4 is 10.2 Å². The molecule has 0 bridgehead atoms. The molecule has 4 aromatic heterocycles. The standard InChI is InChI=1S/C31H40N10O/c1-20(2)38-9-11-39(12-10-38)25-13-23(16-32-18-25)27-19-40(37-35-27)28-14-24(17-33-21(28)3)34-30(42)26-15-29(22-7-8-22)41(36-26)31(4,5)6/h13-20,22H,7-12H2,1-6H3,(H,34,42). The monoisotopic (exact) mass is 568 g/mol. The lowest BCUT2D eigenvalue weighted by Crippen LogP contribution is -2.48. The third-order valence-corrected chi connectivity index (χ3v) is 8.09. The second-order valence-electron chi connectivity index (χ2n) is 12.7. The van der Waals surface area contributed by atoms with E-state index < -0.39 is 0 Å². The Morgan fingerprint density at radius 2 is 1.79 bits per heavy atom. The quantitative estimate of drug-likeness (QED) is 0.343. The summed E-state index contributed by atoms with van der Waals surface area (Å²) in [5, 5.41) is 16.5. The van der Waals surface area contributed by atoms with Gasteiger partial charge in [-0.3, -0.25) is 24.3 Å². The van der Waals surface area contributed by atoms with Crippen molar-refractivity contribution in [2.24, 2.45) is 0 Å². The zero-order valence-corrected chi connectivity index (χ0v) is 25.4. The van der Waals surface area contributed by atoms with Crippen LogP contribution in [0.25, 0.3) is 16.9 Å². The van der Waals surface area contributed by atoms with E-state index in [-0.39, 0.29) is 11.4 Å². The van der Waals surface area contributed by atoms with Crippen LogP contribution in [-0.2, 0) is 5.54 Å². The van der Waals surface area contributed by atoms with Gasteiger partial charge in [0.15, 0.2) is 5.69 Å². The highest BCUT2D eigenvalue weighted by Gasteiger charge is 2.32. The summed E-state index contributed by atoms with van der Waals surface area (Å²) in [6.45, 7) is 16.7. The fraction of sp³-hybridized carbons (Fsp3) is 0.484. The van der Waals surface area contributed by atoms with E-state index in [1.165, 1.54) is 0 Å². The molecule has 0 unspecified atom stereocenters. The summed E-state index contributed by atoms with van der Waals surface area (Å²) in [4.78, 5) is 27.1. The van der Waals surface area contributed by atoms with E-state index in [1.807, 2.05) is 42.3 Å². The Hall–Kier alpha value is -4.12. The molecule has 6 rings (SSSR count). The van der Waals surface area contributed by atoms with Crippen molar-refractivity contribution < 1.29 is 4.79 Å². The lowest BCUT2D eigenvalue weighted by atomic mass is 10.1. The first-order valence-corrected chi connectivity index (χ1v) is 14.8. The molecule has 0 atom stereocenters. The number of nitrogens with zero attached hydrogens (tertiary/aromatic N) is 9. The lowest BCUT2D eigenvalue weighted by Gasteiger charge is -2.38. The van der Waals surface area contributed by atoms with Crippen molar-refractivity contribution in [3.8, 4) is 16.9 Å². The molecule has 220 valence electrons. The van der Waals surface area contributed by atoms with E-state index in [0.29, 0.717) is 23.3 Å². The average Bonchev–Trinajstić information content (AvgIpc) is 3.50. The summed E-state index contributed by atoms with van der Waals surface area (Å²) in [7, 11) is 0. The van der Waals surface area contributed by atoms with Crippen molar-refractivity contribution in [1.29, 1.82) is 0 Å².